The third-order valence-corrected chi connectivity index (χ3v) is 21.2. The van der Waals surface area contributed by atoms with Gasteiger partial charge in [0.15, 0.2) is 0 Å². The molecule has 0 rings (SSSR count). The van der Waals surface area contributed by atoms with Gasteiger partial charge in [0, 0.05) is 0 Å². The molecule has 11 heteroatoms. The van der Waals surface area contributed by atoms with Crippen molar-refractivity contribution in [2.45, 2.75) is 58.9 Å². The quantitative estimate of drug-likeness (QED) is 0.325. The first-order valence-corrected chi connectivity index (χ1v) is 27.8. The zero-order valence-electron chi connectivity index (χ0n) is 13.8. The molecule has 0 atom stereocenters. The van der Waals surface area contributed by atoms with Gasteiger partial charge in [-0.05, 0) is 0 Å². The third-order valence-electron chi connectivity index (χ3n) is 1.14. The molecular weight excluding hydrogens is 524 g/mol. The van der Waals surface area contributed by atoms with E-state index in [4.69, 9.17) is 10.8 Å². The van der Waals surface area contributed by atoms with E-state index in [2.05, 4.69) is 58.9 Å². The Morgan fingerprint density at radius 1 is 0.600 bits per heavy atom. The standard InChI is InChI=1S/C9H27O4PSe3Si3/c1-18(2,3)15-11-14(10,12-16-19(4,5)6)13-17-20(7,8)9/h1-9H3. The van der Waals surface area contributed by atoms with E-state index in [0.717, 1.165) is 0 Å². The predicted octanol–water partition coefficient (Wildman–Crippen LogP) is 3.51. The topological polar surface area (TPSA) is 44.8 Å². The third kappa shape index (κ3) is 13.9. The summed E-state index contributed by atoms with van der Waals surface area (Å²) >= 11 is -0.227. The van der Waals surface area contributed by atoms with E-state index < -0.39 is 27.9 Å². The molecule has 4 nitrogen and oxygen atoms in total. The van der Waals surface area contributed by atoms with Gasteiger partial charge in [0.1, 0.15) is 0 Å². The van der Waals surface area contributed by atoms with Crippen molar-refractivity contribution in [1.29, 1.82) is 0 Å². The molecule has 20 heavy (non-hydrogen) atoms. The number of hydrogen-bond acceptors (Lipinski definition) is 4. The summed E-state index contributed by atoms with van der Waals surface area (Å²) < 4.78 is 29.9. The van der Waals surface area contributed by atoms with E-state index in [9.17, 15) is 4.57 Å². The second-order valence-corrected chi connectivity index (χ2v) is 50.9. The molecule has 0 saturated heterocycles. The molecule has 0 aliphatic carbocycles. The van der Waals surface area contributed by atoms with Gasteiger partial charge in [0.2, 0.25) is 0 Å². The molecule has 0 N–H and O–H groups in total. The molecular formula is C9H27O4PSe3Si3. The normalized spacial score (nSPS) is 14.7. The molecule has 0 aliphatic heterocycles. The summed E-state index contributed by atoms with van der Waals surface area (Å²) in [6.07, 6.45) is 0. The van der Waals surface area contributed by atoms with Crippen LogP contribution in [0.15, 0.2) is 0 Å². The van der Waals surface area contributed by atoms with Crippen molar-refractivity contribution in [3.63, 3.8) is 0 Å². The molecule has 0 heterocycles. The molecule has 0 aromatic carbocycles. The second-order valence-electron chi connectivity index (χ2n) is 7.26. The van der Waals surface area contributed by atoms with Crippen LogP contribution in [0.3, 0.4) is 0 Å². The Bertz CT molecular complexity index is 300. The van der Waals surface area contributed by atoms with Crippen molar-refractivity contribution >= 4 is 71.8 Å². The van der Waals surface area contributed by atoms with Gasteiger partial charge in [-0.1, -0.05) is 0 Å². The minimum absolute atomic E-state index is 0.0758. The van der Waals surface area contributed by atoms with Gasteiger partial charge in [-0.25, -0.2) is 0 Å². The van der Waals surface area contributed by atoms with Crippen LogP contribution in [0.1, 0.15) is 0 Å². The van der Waals surface area contributed by atoms with Crippen molar-refractivity contribution in [3.05, 3.63) is 0 Å². The zero-order chi connectivity index (χ0) is 16.2. The molecule has 122 valence electrons. The van der Waals surface area contributed by atoms with Crippen molar-refractivity contribution in [2.75, 3.05) is 0 Å². The second kappa shape index (κ2) is 8.43. The number of hydrogen-bond donors (Lipinski definition) is 0. The van der Waals surface area contributed by atoms with Gasteiger partial charge in [0.05, 0.1) is 0 Å². The maximum absolute atomic E-state index is 12.8. The van der Waals surface area contributed by atoms with E-state index in [1.807, 2.05) is 0 Å². The Balaban J connectivity index is 4.71. The summed E-state index contributed by atoms with van der Waals surface area (Å²) in [4.78, 5) is 0. The van der Waals surface area contributed by atoms with Gasteiger partial charge < -0.3 is 0 Å². The molecule has 0 saturated carbocycles. The summed E-state index contributed by atoms with van der Waals surface area (Å²) in [5.41, 5.74) is 0. The van der Waals surface area contributed by atoms with E-state index in [-0.39, 0.29) is 43.9 Å². The molecule has 0 spiro atoms. The van der Waals surface area contributed by atoms with Crippen LogP contribution in [0, 0.1) is 0 Å². The number of phosphoric acid groups is 1. The predicted molar refractivity (Wildman–Crippen MR) is 98.2 cm³/mol. The molecule has 0 fully saturated rings. The van der Waals surface area contributed by atoms with Gasteiger partial charge in [0.25, 0.3) is 0 Å². The van der Waals surface area contributed by atoms with E-state index in [1.54, 1.807) is 0 Å². The number of rotatable bonds is 9. The Hall–Kier alpha value is 2.32. The van der Waals surface area contributed by atoms with Crippen LogP contribution in [0.5, 0.6) is 0 Å². The van der Waals surface area contributed by atoms with Crippen molar-refractivity contribution < 1.29 is 15.4 Å². The Labute approximate surface area is 145 Å². The van der Waals surface area contributed by atoms with E-state index >= 15 is 0 Å². The first-order valence-electron chi connectivity index (χ1n) is 6.34. The maximum atomic E-state index is 12.8. The molecule has 0 radical (unpaired) electrons. The fraction of sp³-hybridized carbons (Fsp3) is 1.00. The van der Waals surface area contributed by atoms with Crippen LogP contribution in [0.25, 0.3) is 0 Å². The molecule has 0 aromatic heterocycles. The monoisotopic (exact) mass is 554 g/mol. The molecule has 0 unspecified atom stereocenters. The summed E-state index contributed by atoms with van der Waals surface area (Å²) in [5, 5.41) is 0. The minimum atomic E-state index is -3.32. The molecule has 0 bridgehead atoms. The van der Waals surface area contributed by atoms with Crippen LogP contribution >= 0.6 is 7.82 Å². The van der Waals surface area contributed by atoms with Crippen LogP contribution in [0.2, 0.25) is 58.9 Å². The fourth-order valence-electron chi connectivity index (χ4n) is 0.510. The molecule has 0 aromatic rings. The van der Waals surface area contributed by atoms with Crippen molar-refractivity contribution in [3.8, 4) is 0 Å². The van der Waals surface area contributed by atoms with Gasteiger partial charge in [-0.15, -0.1) is 0 Å². The Morgan fingerprint density at radius 3 is 0.950 bits per heavy atom. The average Bonchev–Trinajstić information content (AvgIpc) is 2.18. The van der Waals surface area contributed by atoms with Crippen molar-refractivity contribution in [1.82, 2.24) is 0 Å². The first kappa shape index (κ1) is 22.3. The zero-order valence-corrected chi connectivity index (χ0v) is 22.8. The summed E-state index contributed by atoms with van der Waals surface area (Å²) in [6, 6.07) is 0. The van der Waals surface area contributed by atoms with E-state index in [0.29, 0.717) is 0 Å². The van der Waals surface area contributed by atoms with Crippen LogP contribution in [0.4, 0.5) is 0 Å². The van der Waals surface area contributed by atoms with E-state index in [1.165, 1.54) is 0 Å². The molecule has 0 amide bonds. The van der Waals surface area contributed by atoms with Crippen molar-refractivity contribution in [2.24, 2.45) is 0 Å². The summed E-state index contributed by atoms with van der Waals surface area (Å²) in [5.74, 6) is 0. The average molecular weight is 551 g/mol. The SMILES string of the molecule is C[Si](C)(C)[Se]OP(=O)(O[Se][Si](C)(C)C)O[Se][Si](C)(C)C. The van der Waals surface area contributed by atoms with Crippen LogP contribution < -0.4 is 0 Å². The summed E-state index contributed by atoms with van der Waals surface area (Å²) in [6.45, 7) is 15.8. The fourth-order valence-corrected chi connectivity index (χ4v) is 25.1. The first-order chi connectivity index (χ1) is 8.62. The van der Waals surface area contributed by atoms with Gasteiger partial charge in [-0.3, -0.25) is 0 Å². The van der Waals surface area contributed by atoms with Gasteiger partial charge >= 0.3 is 146 Å². The van der Waals surface area contributed by atoms with Gasteiger partial charge in [-0.2, -0.15) is 0 Å². The Morgan fingerprint density at radius 2 is 0.800 bits per heavy atom. The molecule has 0 aliphatic rings. The van der Waals surface area contributed by atoms with Crippen LogP contribution in [-0.4, -0.2) is 64.0 Å². The van der Waals surface area contributed by atoms with Crippen LogP contribution in [-0.2, 0) is 15.4 Å². The Kier molecular flexibility index (Phi) is 9.40. The summed E-state index contributed by atoms with van der Waals surface area (Å²) in [7, 11) is -3.32.